The third-order valence-corrected chi connectivity index (χ3v) is 2.92. The number of rotatable bonds is 1. The van der Waals surface area contributed by atoms with Crippen LogP contribution in [0.25, 0.3) is 0 Å². The van der Waals surface area contributed by atoms with E-state index in [-0.39, 0.29) is 11.4 Å². The summed E-state index contributed by atoms with van der Waals surface area (Å²) in [5.41, 5.74) is 2.19. The fraction of sp³-hybridized carbons (Fsp3) is 0.462. The number of carbonyl (C=O) groups is 1. The molecule has 1 heterocycles. The van der Waals surface area contributed by atoms with Gasteiger partial charge in [-0.05, 0) is 32.9 Å². The predicted molar refractivity (Wildman–Crippen MR) is 65.6 cm³/mol. The quantitative estimate of drug-likeness (QED) is 0.778. The molecule has 86 valence electrons. The van der Waals surface area contributed by atoms with Gasteiger partial charge in [0.15, 0.2) is 0 Å². The number of anilines is 1. The summed E-state index contributed by atoms with van der Waals surface area (Å²) < 4.78 is 0. The molecule has 1 amide bonds. The maximum atomic E-state index is 11.8. The molecule has 3 heteroatoms. The van der Waals surface area contributed by atoms with Gasteiger partial charge in [-0.25, -0.2) is 0 Å². The SMILES string of the molecule is Cc1ccc(N2CC(C)(C)NCC2=O)cc1. The highest BCUT2D eigenvalue weighted by atomic mass is 16.2. The van der Waals surface area contributed by atoms with Crippen molar-refractivity contribution in [1.82, 2.24) is 5.32 Å². The Hall–Kier alpha value is -1.35. The third-order valence-electron chi connectivity index (χ3n) is 2.92. The molecule has 0 bridgehead atoms. The summed E-state index contributed by atoms with van der Waals surface area (Å²) in [5, 5.41) is 3.23. The minimum absolute atomic E-state index is 0.0151. The van der Waals surface area contributed by atoms with Crippen LogP contribution in [-0.2, 0) is 4.79 Å². The smallest absolute Gasteiger partial charge is 0.241 e. The number of nitrogens with one attached hydrogen (secondary N) is 1. The second-order valence-corrected chi connectivity index (χ2v) is 5.05. The molecule has 0 atom stereocenters. The Morgan fingerprint density at radius 3 is 2.50 bits per heavy atom. The standard InChI is InChI=1S/C13H18N2O/c1-10-4-6-11(7-5-10)15-9-13(2,3)14-8-12(15)16/h4-7,14H,8-9H2,1-3H3. The molecular formula is C13H18N2O. The number of carbonyl (C=O) groups excluding carboxylic acids is 1. The maximum absolute atomic E-state index is 11.8. The highest BCUT2D eigenvalue weighted by molar-refractivity contribution is 5.95. The molecule has 0 unspecified atom stereocenters. The molecule has 2 rings (SSSR count). The van der Waals surface area contributed by atoms with Gasteiger partial charge in [0.05, 0.1) is 6.54 Å². The summed E-state index contributed by atoms with van der Waals surface area (Å²) in [6.45, 7) is 7.41. The molecule has 0 aromatic heterocycles. The van der Waals surface area contributed by atoms with Gasteiger partial charge in [0.1, 0.15) is 0 Å². The molecule has 0 saturated carbocycles. The third kappa shape index (κ3) is 2.25. The van der Waals surface area contributed by atoms with E-state index in [9.17, 15) is 4.79 Å². The minimum atomic E-state index is -0.0151. The van der Waals surface area contributed by atoms with Crippen LogP contribution in [0.15, 0.2) is 24.3 Å². The van der Waals surface area contributed by atoms with Crippen molar-refractivity contribution in [2.45, 2.75) is 26.3 Å². The second kappa shape index (κ2) is 3.91. The Morgan fingerprint density at radius 2 is 1.88 bits per heavy atom. The van der Waals surface area contributed by atoms with E-state index >= 15 is 0 Å². The number of hydrogen-bond donors (Lipinski definition) is 1. The molecule has 0 aliphatic carbocycles. The van der Waals surface area contributed by atoms with Crippen LogP contribution in [-0.4, -0.2) is 24.5 Å². The number of piperazine rings is 1. The van der Waals surface area contributed by atoms with E-state index in [0.29, 0.717) is 6.54 Å². The summed E-state index contributed by atoms with van der Waals surface area (Å²) >= 11 is 0. The van der Waals surface area contributed by atoms with Crippen molar-refractivity contribution in [2.24, 2.45) is 0 Å². The number of aryl methyl sites for hydroxylation is 1. The summed E-state index contributed by atoms with van der Waals surface area (Å²) in [6.07, 6.45) is 0. The molecule has 16 heavy (non-hydrogen) atoms. The topological polar surface area (TPSA) is 32.3 Å². The van der Waals surface area contributed by atoms with Crippen molar-refractivity contribution >= 4 is 11.6 Å². The molecule has 1 fully saturated rings. The summed E-state index contributed by atoms with van der Waals surface area (Å²) in [7, 11) is 0. The molecular weight excluding hydrogens is 200 g/mol. The van der Waals surface area contributed by atoms with Gasteiger partial charge >= 0.3 is 0 Å². The lowest BCUT2D eigenvalue weighted by atomic mass is 10.0. The lowest BCUT2D eigenvalue weighted by Crippen LogP contribution is -2.59. The Kier molecular flexibility index (Phi) is 2.72. The number of nitrogens with zero attached hydrogens (tertiary/aromatic N) is 1. The van der Waals surface area contributed by atoms with Gasteiger partial charge in [0.2, 0.25) is 5.91 Å². The van der Waals surface area contributed by atoms with E-state index in [1.54, 1.807) is 0 Å². The molecule has 1 saturated heterocycles. The van der Waals surface area contributed by atoms with Crippen molar-refractivity contribution in [1.29, 1.82) is 0 Å². The predicted octanol–water partition coefficient (Wildman–Crippen LogP) is 1.71. The molecule has 1 aliphatic heterocycles. The monoisotopic (exact) mass is 218 g/mol. The van der Waals surface area contributed by atoms with Crippen LogP contribution in [0.3, 0.4) is 0 Å². The van der Waals surface area contributed by atoms with Gasteiger partial charge in [-0.15, -0.1) is 0 Å². The van der Waals surface area contributed by atoms with Crippen molar-refractivity contribution < 1.29 is 4.79 Å². The van der Waals surface area contributed by atoms with Gasteiger partial charge in [-0.3, -0.25) is 4.79 Å². The zero-order chi connectivity index (χ0) is 11.8. The first kappa shape index (κ1) is 11.1. The van der Waals surface area contributed by atoms with Crippen LogP contribution in [0.2, 0.25) is 0 Å². The number of amides is 1. The Labute approximate surface area is 96.5 Å². The molecule has 3 nitrogen and oxygen atoms in total. The Morgan fingerprint density at radius 1 is 1.25 bits per heavy atom. The first-order valence-electron chi connectivity index (χ1n) is 5.60. The van der Waals surface area contributed by atoms with Gasteiger partial charge < -0.3 is 10.2 Å². The fourth-order valence-corrected chi connectivity index (χ4v) is 1.91. The van der Waals surface area contributed by atoms with E-state index < -0.39 is 0 Å². The van der Waals surface area contributed by atoms with Crippen LogP contribution in [0.1, 0.15) is 19.4 Å². The van der Waals surface area contributed by atoms with Gasteiger partial charge in [0.25, 0.3) is 0 Å². The van der Waals surface area contributed by atoms with Crippen LogP contribution >= 0.6 is 0 Å². The van der Waals surface area contributed by atoms with Crippen molar-refractivity contribution in [3.8, 4) is 0 Å². The van der Waals surface area contributed by atoms with Crippen molar-refractivity contribution in [2.75, 3.05) is 18.0 Å². The van der Waals surface area contributed by atoms with E-state index in [2.05, 4.69) is 19.2 Å². The van der Waals surface area contributed by atoms with Crippen LogP contribution in [0, 0.1) is 6.92 Å². The molecule has 0 spiro atoms. The van der Waals surface area contributed by atoms with Gasteiger partial charge in [-0.2, -0.15) is 0 Å². The summed E-state index contributed by atoms with van der Waals surface area (Å²) in [6, 6.07) is 8.10. The highest BCUT2D eigenvalue weighted by Crippen LogP contribution is 2.20. The fourth-order valence-electron chi connectivity index (χ4n) is 1.91. The normalized spacial score (nSPS) is 19.9. The lowest BCUT2D eigenvalue weighted by molar-refractivity contribution is -0.119. The van der Waals surface area contributed by atoms with Gasteiger partial charge in [-0.1, -0.05) is 17.7 Å². The molecule has 1 aliphatic rings. The first-order chi connectivity index (χ1) is 7.48. The average Bonchev–Trinajstić information content (AvgIpc) is 2.23. The lowest BCUT2D eigenvalue weighted by Gasteiger charge is -2.38. The largest absolute Gasteiger partial charge is 0.309 e. The summed E-state index contributed by atoms with van der Waals surface area (Å²) in [4.78, 5) is 13.7. The second-order valence-electron chi connectivity index (χ2n) is 5.05. The Bertz CT molecular complexity index is 395. The van der Waals surface area contributed by atoms with Crippen molar-refractivity contribution in [3.63, 3.8) is 0 Å². The average molecular weight is 218 g/mol. The van der Waals surface area contributed by atoms with Crippen molar-refractivity contribution in [3.05, 3.63) is 29.8 Å². The minimum Gasteiger partial charge on any atom is -0.309 e. The van der Waals surface area contributed by atoms with Crippen LogP contribution in [0.4, 0.5) is 5.69 Å². The van der Waals surface area contributed by atoms with Crippen LogP contribution in [0.5, 0.6) is 0 Å². The molecule has 1 aromatic rings. The number of benzene rings is 1. The first-order valence-corrected chi connectivity index (χ1v) is 5.60. The van der Waals surface area contributed by atoms with Crippen LogP contribution < -0.4 is 10.2 Å². The summed E-state index contributed by atoms with van der Waals surface area (Å²) in [5.74, 6) is 0.142. The zero-order valence-electron chi connectivity index (χ0n) is 10.1. The van der Waals surface area contributed by atoms with E-state index in [0.717, 1.165) is 12.2 Å². The molecule has 1 aromatic carbocycles. The Balaban J connectivity index is 2.25. The number of hydrogen-bond acceptors (Lipinski definition) is 2. The molecule has 1 N–H and O–H groups in total. The maximum Gasteiger partial charge on any atom is 0.241 e. The van der Waals surface area contributed by atoms with E-state index in [1.165, 1.54) is 5.56 Å². The van der Waals surface area contributed by atoms with Gasteiger partial charge in [0, 0.05) is 17.8 Å². The zero-order valence-corrected chi connectivity index (χ0v) is 10.1. The van der Waals surface area contributed by atoms with E-state index in [1.807, 2.05) is 36.1 Å². The van der Waals surface area contributed by atoms with E-state index in [4.69, 9.17) is 0 Å². The highest BCUT2D eigenvalue weighted by Gasteiger charge is 2.31. The molecule has 0 radical (unpaired) electrons.